The summed E-state index contributed by atoms with van der Waals surface area (Å²) >= 11 is 0. The molecule has 0 amide bonds. The van der Waals surface area contributed by atoms with Crippen molar-refractivity contribution in [1.82, 2.24) is 0 Å². The van der Waals surface area contributed by atoms with E-state index in [0.717, 1.165) is 17.9 Å². The van der Waals surface area contributed by atoms with Gasteiger partial charge in [-0.05, 0) is 40.5 Å². The van der Waals surface area contributed by atoms with E-state index in [1.165, 1.54) is 11.1 Å². The van der Waals surface area contributed by atoms with Crippen LogP contribution in [0.15, 0.2) is 12.1 Å². The normalized spacial score (nSPS) is 14.1. The third kappa shape index (κ3) is 4.72. The zero-order chi connectivity index (χ0) is 16.4. The van der Waals surface area contributed by atoms with Gasteiger partial charge in [-0.25, -0.2) is 0 Å². The molecule has 3 heteroatoms. The summed E-state index contributed by atoms with van der Waals surface area (Å²) in [5.41, 5.74) is 3.60. The Morgan fingerprint density at radius 2 is 1.57 bits per heavy atom. The number of hydrogen-bond acceptors (Lipinski definition) is 3. The van der Waals surface area contributed by atoms with Crippen LogP contribution in [0.3, 0.4) is 0 Å². The predicted molar refractivity (Wildman–Crippen MR) is 86.3 cm³/mol. The Kier molecular flexibility index (Phi) is 5.46. The van der Waals surface area contributed by atoms with Gasteiger partial charge in [0.25, 0.3) is 0 Å². The van der Waals surface area contributed by atoms with Crippen molar-refractivity contribution in [3.63, 3.8) is 0 Å². The number of aliphatic hydroxyl groups is 2. The Bertz CT molecular complexity index is 478. The summed E-state index contributed by atoms with van der Waals surface area (Å²) in [7, 11) is 0. The largest absolute Gasteiger partial charge is 0.490 e. The molecule has 1 unspecified atom stereocenters. The molecule has 0 saturated carbocycles. The summed E-state index contributed by atoms with van der Waals surface area (Å²) < 4.78 is 5.72. The molecule has 0 aromatic heterocycles. The zero-order valence-electron chi connectivity index (χ0n) is 14.3. The van der Waals surface area contributed by atoms with Gasteiger partial charge in [0.15, 0.2) is 0 Å². The molecular weight excluding hydrogens is 264 g/mol. The number of benzene rings is 1. The van der Waals surface area contributed by atoms with Gasteiger partial charge in [0.1, 0.15) is 25.1 Å². The molecule has 0 spiro atoms. The predicted octanol–water partition coefficient (Wildman–Crippen LogP) is 3.86. The van der Waals surface area contributed by atoms with E-state index in [1.807, 2.05) is 6.07 Å². The fourth-order valence-corrected chi connectivity index (χ4v) is 2.41. The molecule has 1 radical (unpaired) electrons. The van der Waals surface area contributed by atoms with Gasteiger partial charge in [0.2, 0.25) is 0 Å². The second-order valence-electron chi connectivity index (χ2n) is 7.69. The van der Waals surface area contributed by atoms with Crippen molar-refractivity contribution in [3.05, 3.63) is 35.4 Å². The fraction of sp³-hybridized carbons (Fsp3) is 0.611. The highest BCUT2D eigenvalue weighted by atomic mass is 16.5. The van der Waals surface area contributed by atoms with E-state index >= 15 is 0 Å². The average molecular weight is 293 g/mol. The van der Waals surface area contributed by atoms with E-state index in [9.17, 15) is 5.11 Å². The molecule has 3 nitrogen and oxygen atoms in total. The highest BCUT2D eigenvalue weighted by molar-refractivity contribution is 5.47. The van der Waals surface area contributed by atoms with Crippen LogP contribution in [0.5, 0.6) is 5.75 Å². The first kappa shape index (κ1) is 18.0. The van der Waals surface area contributed by atoms with Gasteiger partial charge in [0, 0.05) is 0 Å². The number of rotatable bonds is 4. The van der Waals surface area contributed by atoms with Crippen LogP contribution in [-0.2, 0) is 10.8 Å². The average Bonchev–Trinajstić information content (AvgIpc) is 2.32. The summed E-state index contributed by atoms with van der Waals surface area (Å²) in [5.74, 6) is 0.772. The maximum absolute atomic E-state index is 9.44. The molecule has 119 valence electrons. The standard InChI is InChI=1S/C18H29O3/c1-12-8-16(21-11-13(20)10-19)15(18(5,6)7)9-14(12)17(2,3)4/h8-10,13,19-20H,11H2,1-7H3. The van der Waals surface area contributed by atoms with Crippen LogP contribution in [-0.4, -0.2) is 22.9 Å². The number of ether oxygens (including phenoxy) is 1. The molecule has 21 heavy (non-hydrogen) atoms. The van der Waals surface area contributed by atoms with Crippen LogP contribution in [0, 0.1) is 13.5 Å². The van der Waals surface area contributed by atoms with Gasteiger partial charge < -0.3 is 14.9 Å². The minimum Gasteiger partial charge on any atom is -0.490 e. The molecular formula is C18H29O3. The van der Waals surface area contributed by atoms with Crippen LogP contribution < -0.4 is 4.74 Å². The van der Waals surface area contributed by atoms with Crippen LogP contribution in [0.25, 0.3) is 0 Å². The smallest absolute Gasteiger partial charge is 0.123 e. The zero-order valence-corrected chi connectivity index (χ0v) is 14.3. The van der Waals surface area contributed by atoms with Gasteiger partial charge >= 0.3 is 0 Å². The fourth-order valence-electron chi connectivity index (χ4n) is 2.41. The van der Waals surface area contributed by atoms with Crippen molar-refractivity contribution in [2.24, 2.45) is 0 Å². The number of hydrogen-bond donors (Lipinski definition) is 2. The summed E-state index contributed by atoms with van der Waals surface area (Å²) in [6, 6.07) is 4.24. The molecule has 1 rings (SSSR count). The quantitative estimate of drug-likeness (QED) is 0.886. The first-order chi connectivity index (χ1) is 9.46. The van der Waals surface area contributed by atoms with Gasteiger partial charge in [-0.1, -0.05) is 47.6 Å². The van der Waals surface area contributed by atoms with Crippen LogP contribution in [0.4, 0.5) is 0 Å². The molecule has 1 aromatic rings. The molecule has 0 aliphatic rings. The third-order valence-corrected chi connectivity index (χ3v) is 3.52. The van der Waals surface area contributed by atoms with Gasteiger partial charge in [-0.3, -0.25) is 0 Å². The summed E-state index contributed by atoms with van der Waals surface area (Å²) in [6.45, 7) is 15.9. The molecule has 0 heterocycles. The van der Waals surface area contributed by atoms with Crippen LogP contribution >= 0.6 is 0 Å². The highest BCUT2D eigenvalue weighted by Crippen LogP contribution is 2.37. The van der Waals surface area contributed by atoms with Gasteiger partial charge in [-0.2, -0.15) is 0 Å². The second-order valence-corrected chi connectivity index (χ2v) is 7.69. The maximum atomic E-state index is 9.44. The number of aliphatic hydroxyl groups excluding tert-OH is 2. The van der Waals surface area contributed by atoms with Gasteiger partial charge in [0.05, 0.1) is 0 Å². The minimum atomic E-state index is -0.972. The first-order valence-corrected chi connectivity index (χ1v) is 7.41. The van der Waals surface area contributed by atoms with Crippen molar-refractivity contribution in [3.8, 4) is 5.75 Å². The van der Waals surface area contributed by atoms with Crippen molar-refractivity contribution < 1.29 is 14.9 Å². The van der Waals surface area contributed by atoms with Crippen molar-refractivity contribution >= 4 is 0 Å². The Morgan fingerprint density at radius 1 is 1.05 bits per heavy atom. The lowest BCUT2D eigenvalue weighted by Gasteiger charge is -2.29. The van der Waals surface area contributed by atoms with Crippen molar-refractivity contribution in [1.29, 1.82) is 0 Å². The minimum absolute atomic E-state index is 0.0495. The lowest BCUT2D eigenvalue weighted by molar-refractivity contribution is 0.0905. The molecule has 0 bridgehead atoms. The van der Waals surface area contributed by atoms with Crippen LogP contribution in [0.1, 0.15) is 58.2 Å². The van der Waals surface area contributed by atoms with E-state index in [0.29, 0.717) is 0 Å². The molecule has 0 aliphatic heterocycles. The molecule has 2 N–H and O–H groups in total. The molecule has 0 fully saturated rings. The molecule has 1 aromatic carbocycles. The highest BCUT2D eigenvalue weighted by Gasteiger charge is 2.25. The summed E-state index contributed by atoms with van der Waals surface area (Å²) in [5, 5.41) is 18.2. The Hall–Kier alpha value is -1.06. The number of aryl methyl sites for hydroxylation is 1. The topological polar surface area (TPSA) is 49.7 Å². The second kappa shape index (κ2) is 6.37. The third-order valence-electron chi connectivity index (χ3n) is 3.52. The molecule has 1 atom stereocenters. The van der Waals surface area contributed by atoms with E-state index < -0.39 is 6.10 Å². The summed E-state index contributed by atoms with van der Waals surface area (Å²) in [4.78, 5) is 0. The lowest BCUT2D eigenvalue weighted by atomic mass is 9.78. The van der Waals surface area contributed by atoms with Crippen molar-refractivity contribution in [2.75, 3.05) is 6.61 Å². The van der Waals surface area contributed by atoms with Crippen LogP contribution in [0.2, 0.25) is 0 Å². The lowest BCUT2D eigenvalue weighted by Crippen LogP contribution is -2.22. The Labute approximate surface area is 129 Å². The van der Waals surface area contributed by atoms with E-state index in [2.05, 4.69) is 54.5 Å². The molecule has 0 aliphatic carbocycles. The monoisotopic (exact) mass is 293 g/mol. The van der Waals surface area contributed by atoms with Crippen molar-refractivity contribution in [2.45, 2.75) is 65.4 Å². The summed E-state index contributed by atoms with van der Waals surface area (Å²) in [6.07, 6.45) is -0.972. The SMILES string of the molecule is Cc1cc(OCC(O)[CH]O)c(C(C)(C)C)cc1C(C)(C)C. The van der Waals surface area contributed by atoms with E-state index in [-0.39, 0.29) is 17.4 Å². The van der Waals surface area contributed by atoms with E-state index in [1.54, 1.807) is 0 Å². The van der Waals surface area contributed by atoms with Gasteiger partial charge in [-0.15, -0.1) is 0 Å². The molecule has 0 saturated heterocycles. The Balaban J connectivity index is 3.27. The maximum Gasteiger partial charge on any atom is 0.123 e. The Morgan fingerprint density at radius 3 is 2.00 bits per heavy atom. The van der Waals surface area contributed by atoms with E-state index in [4.69, 9.17) is 9.84 Å². The first-order valence-electron chi connectivity index (χ1n) is 7.41.